The molecule has 1 aliphatic heterocycles. The van der Waals surface area contributed by atoms with Gasteiger partial charge in [0.2, 0.25) is 0 Å². The molecule has 2 N–H and O–H groups in total. The first kappa shape index (κ1) is 22.1. The summed E-state index contributed by atoms with van der Waals surface area (Å²) in [4.78, 5) is 20.8. The average Bonchev–Trinajstić information content (AvgIpc) is 3.60. The molecule has 0 radical (unpaired) electrons. The molecular weight excluding hydrogens is 390 g/mol. The fourth-order valence-corrected chi connectivity index (χ4v) is 5.52. The highest BCUT2D eigenvalue weighted by Gasteiger charge is 2.62. The van der Waals surface area contributed by atoms with Gasteiger partial charge in [-0.2, -0.15) is 0 Å². The molecule has 1 amide bonds. The molecule has 6 nitrogen and oxygen atoms in total. The van der Waals surface area contributed by atoms with E-state index in [0.717, 1.165) is 56.4 Å². The highest BCUT2D eigenvalue weighted by Crippen LogP contribution is 2.57. The van der Waals surface area contributed by atoms with Gasteiger partial charge in [0.15, 0.2) is 11.5 Å². The Morgan fingerprint density at radius 3 is 2.55 bits per heavy atom. The van der Waals surface area contributed by atoms with E-state index in [-0.39, 0.29) is 17.4 Å². The van der Waals surface area contributed by atoms with E-state index < -0.39 is 5.54 Å². The first-order valence-corrected chi connectivity index (χ1v) is 11.9. The third kappa shape index (κ3) is 3.84. The first-order chi connectivity index (χ1) is 15.0. The zero-order valence-electron chi connectivity index (χ0n) is 19.2. The summed E-state index contributed by atoms with van der Waals surface area (Å²) < 4.78 is 11.7. The van der Waals surface area contributed by atoms with E-state index in [0.29, 0.717) is 18.4 Å². The van der Waals surface area contributed by atoms with Crippen LogP contribution in [0.4, 0.5) is 0 Å². The number of amides is 1. The minimum Gasteiger partial charge on any atom is -0.493 e. The second kappa shape index (κ2) is 8.81. The number of rotatable bonds is 9. The predicted molar refractivity (Wildman–Crippen MR) is 122 cm³/mol. The summed E-state index contributed by atoms with van der Waals surface area (Å²) in [7, 11) is 1.78. The average molecular weight is 428 g/mol. The minimum absolute atomic E-state index is 0.0175. The van der Waals surface area contributed by atoms with E-state index in [4.69, 9.17) is 20.2 Å². The molecule has 170 valence electrons. The Kier molecular flexibility index (Phi) is 6.29. The van der Waals surface area contributed by atoms with Crippen LogP contribution in [-0.2, 0) is 15.1 Å². The molecule has 4 rings (SSSR count). The summed E-state index contributed by atoms with van der Waals surface area (Å²) in [5.74, 6) is 1.85. The van der Waals surface area contributed by atoms with E-state index in [9.17, 15) is 4.79 Å². The number of methoxy groups -OCH3 is 1. The van der Waals surface area contributed by atoms with E-state index in [2.05, 4.69) is 13.8 Å². The van der Waals surface area contributed by atoms with Gasteiger partial charge < -0.3 is 15.2 Å². The van der Waals surface area contributed by atoms with Crippen LogP contribution in [0.2, 0.25) is 0 Å². The van der Waals surface area contributed by atoms with Crippen molar-refractivity contribution in [3.63, 3.8) is 0 Å². The van der Waals surface area contributed by atoms with Gasteiger partial charge >= 0.3 is 0 Å². The molecule has 1 unspecified atom stereocenters. The minimum atomic E-state index is -1.00. The first-order valence-electron chi connectivity index (χ1n) is 11.9. The van der Waals surface area contributed by atoms with Gasteiger partial charge in [-0.15, -0.1) is 0 Å². The van der Waals surface area contributed by atoms with Crippen LogP contribution in [0.3, 0.4) is 0 Å². The Labute approximate surface area is 186 Å². The zero-order valence-corrected chi connectivity index (χ0v) is 19.2. The topological polar surface area (TPSA) is 77.2 Å². The van der Waals surface area contributed by atoms with Gasteiger partial charge in [-0.1, -0.05) is 26.0 Å². The number of hydrogen-bond acceptors (Lipinski definition) is 5. The van der Waals surface area contributed by atoms with Crippen LogP contribution in [0.15, 0.2) is 29.3 Å². The summed E-state index contributed by atoms with van der Waals surface area (Å²) in [5, 5.41) is 0. The number of guanidine groups is 1. The zero-order chi connectivity index (χ0) is 22.1. The van der Waals surface area contributed by atoms with Crippen LogP contribution in [0, 0.1) is 11.3 Å². The SMILES string of the molecule is CCCN1C(=O)C(c2cccc(OCC3CC3)c2)(C2(CC)CCC(OC)CC2)N=C1N. The lowest BCUT2D eigenvalue weighted by Gasteiger charge is -2.49. The maximum atomic E-state index is 14.1. The molecule has 0 aromatic heterocycles. The standard InChI is InChI=1S/C25H37N3O3/c1-4-15-28-22(29)25(27-23(28)26,24(5-2)13-11-20(30-3)12-14-24)19-7-6-8-21(16-19)31-17-18-9-10-18/h6-8,16,18,20H,4-5,9-15,17H2,1-3H3,(H2,26,27). The van der Waals surface area contributed by atoms with Crippen LogP contribution < -0.4 is 10.5 Å². The number of benzene rings is 1. The van der Waals surface area contributed by atoms with Gasteiger partial charge in [0.25, 0.3) is 5.91 Å². The number of carbonyl (C=O) groups excluding carboxylic acids is 1. The normalized spacial score (nSPS) is 31.1. The molecule has 2 aliphatic carbocycles. The Bertz CT molecular complexity index is 827. The van der Waals surface area contributed by atoms with Crippen molar-refractivity contribution >= 4 is 11.9 Å². The number of nitrogens with zero attached hydrogens (tertiary/aromatic N) is 2. The van der Waals surface area contributed by atoms with E-state index in [1.54, 1.807) is 12.0 Å². The van der Waals surface area contributed by atoms with Crippen molar-refractivity contribution in [1.82, 2.24) is 4.90 Å². The van der Waals surface area contributed by atoms with Crippen molar-refractivity contribution < 1.29 is 14.3 Å². The molecule has 1 aromatic carbocycles. The largest absolute Gasteiger partial charge is 0.493 e. The monoisotopic (exact) mass is 427 g/mol. The van der Waals surface area contributed by atoms with E-state index in [1.807, 2.05) is 24.3 Å². The molecule has 2 saturated carbocycles. The van der Waals surface area contributed by atoms with Crippen LogP contribution in [0.25, 0.3) is 0 Å². The van der Waals surface area contributed by atoms with E-state index in [1.165, 1.54) is 12.8 Å². The van der Waals surface area contributed by atoms with Gasteiger partial charge in [-0.05, 0) is 75.0 Å². The third-order valence-corrected chi connectivity index (χ3v) is 7.66. The molecule has 2 fully saturated rings. The lowest BCUT2D eigenvalue weighted by atomic mass is 9.57. The quantitative estimate of drug-likeness (QED) is 0.640. The Hall–Kier alpha value is -2.08. The fraction of sp³-hybridized carbons (Fsp3) is 0.680. The maximum absolute atomic E-state index is 14.1. The van der Waals surface area contributed by atoms with Crippen molar-refractivity contribution in [3.8, 4) is 5.75 Å². The molecular formula is C25H37N3O3. The van der Waals surface area contributed by atoms with Crippen molar-refractivity contribution in [2.24, 2.45) is 22.1 Å². The van der Waals surface area contributed by atoms with Crippen LogP contribution >= 0.6 is 0 Å². The number of ether oxygens (including phenoxy) is 2. The van der Waals surface area contributed by atoms with Gasteiger partial charge in [-0.3, -0.25) is 9.69 Å². The van der Waals surface area contributed by atoms with E-state index >= 15 is 0 Å². The number of nitrogens with two attached hydrogens (primary N) is 1. The fourth-order valence-electron chi connectivity index (χ4n) is 5.52. The van der Waals surface area contributed by atoms with Gasteiger partial charge in [0, 0.05) is 19.1 Å². The maximum Gasteiger partial charge on any atom is 0.262 e. The second-order valence-electron chi connectivity index (χ2n) is 9.49. The highest BCUT2D eigenvalue weighted by atomic mass is 16.5. The summed E-state index contributed by atoms with van der Waals surface area (Å²) in [6.07, 6.45) is 8.07. The lowest BCUT2D eigenvalue weighted by Crippen LogP contribution is -2.54. The molecule has 31 heavy (non-hydrogen) atoms. The molecule has 0 bridgehead atoms. The molecule has 6 heteroatoms. The highest BCUT2D eigenvalue weighted by molar-refractivity contribution is 6.07. The molecule has 3 aliphatic rings. The van der Waals surface area contributed by atoms with Gasteiger partial charge in [-0.25, -0.2) is 4.99 Å². The third-order valence-electron chi connectivity index (χ3n) is 7.66. The van der Waals surface area contributed by atoms with Crippen molar-refractivity contribution in [2.75, 3.05) is 20.3 Å². The van der Waals surface area contributed by atoms with Crippen LogP contribution in [0.1, 0.15) is 70.8 Å². The Balaban J connectivity index is 1.77. The summed E-state index contributed by atoms with van der Waals surface area (Å²) in [6.45, 7) is 5.58. The number of hydrogen-bond donors (Lipinski definition) is 1. The molecule has 0 saturated heterocycles. The van der Waals surface area contributed by atoms with Crippen molar-refractivity contribution in [2.45, 2.75) is 76.9 Å². The summed E-state index contributed by atoms with van der Waals surface area (Å²) in [5.41, 5.74) is 6.00. The molecule has 0 spiro atoms. The molecule has 1 aromatic rings. The van der Waals surface area contributed by atoms with Crippen LogP contribution in [0.5, 0.6) is 5.75 Å². The summed E-state index contributed by atoms with van der Waals surface area (Å²) in [6, 6.07) is 8.04. The van der Waals surface area contributed by atoms with Crippen molar-refractivity contribution in [1.29, 1.82) is 0 Å². The smallest absolute Gasteiger partial charge is 0.262 e. The number of aliphatic imine (C=N–C) groups is 1. The van der Waals surface area contributed by atoms with Gasteiger partial charge in [0.1, 0.15) is 5.75 Å². The Morgan fingerprint density at radius 2 is 1.94 bits per heavy atom. The number of carbonyl (C=O) groups is 1. The lowest BCUT2D eigenvalue weighted by molar-refractivity contribution is -0.139. The van der Waals surface area contributed by atoms with Gasteiger partial charge in [0.05, 0.1) is 12.7 Å². The van der Waals surface area contributed by atoms with Crippen molar-refractivity contribution in [3.05, 3.63) is 29.8 Å². The van der Waals surface area contributed by atoms with Crippen LogP contribution in [-0.4, -0.2) is 43.1 Å². The Morgan fingerprint density at radius 1 is 1.19 bits per heavy atom. The molecule has 1 atom stereocenters. The molecule has 1 heterocycles. The predicted octanol–water partition coefficient (Wildman–Crippen LogP) is 4.22. The summed E-state index contributed by atoms with van der Waals surface area (Å²) >= 11 is 0. The second-order valence-corrected chi connectivity index (χ2v) is 9.49.